The molecule has 0 bridgehead atoms. The molecule has 0 saturated carbocycles. The number of Topliss-reactive ketones (excluding diaryl/α,β-unsaturated/α-hetero) is 2. The van der Waals surface area contributed by atoms with E-state index in [2.05, 4.69) is 309 Å². The maximum Gasteiger partial charge on any atom is 0.202 e. The molecule has 0 fully saturated rings. The maximum atomic E-state index is 15.2. The van der Waals surface area contributed by atoms with Crippen molar-refractivity contribution >= 4 is 69.2 Å². The monoisotopic (exact) mass is 1120 g/mol. The lowest BCUT2D eigenvalue weighted by Crippen LogP contribution is -2.20. The smallest absolute Gasteiger partial charge is 0.202 e. The molecule has 410 valence electrons. The molecule has 2 heterocycles. The van der Waals surface area contributed by atoms with E-state index in [9.17, 15) is 0 Å². The average molecular weight is 1120 g/mol. The third-order valence-electron chi connectivity index (χ3n) is 17.6. The Morgan fingerprint density at radius 1 is 0.289 bits per heavy atom. The van der Waals surface area contributed by atoms with Crippen LogP contribution in [0, 0.1) is 6.92 Å². The van der Waals surface area contributed by atoms with Crippen molar-refractivity contribution in [1.82, 2.24) is 0 Å². The first-order chi connectivity index (χ1) is 39.9. The summed E-state index contributed by atoms with van der Waals surface area (Å²) < 4.78 is 0. The largest absolute Gasteiger partial charge is 0.310 e. The van der Waals surface area contributed by atoms with E-state index in [4.69, 9.17) is 0 Å². The second-order valence-electron chi connectivity index (χ2n) is 24.2. The highest BCUT2D eigenvalue weighted by atomic mass is 32.2. The predicted octanol–water partition coefficient (Wildman–Crippen LogP) is 20.7. The molecule has 6 heteroatoms. The van der Waals surface area contributed by atoms with Crippen LogP contribution in [0.25, 0.3) is 0 Å². The van der Waals surface area contributed by atoms with Crippen LogP contribution in [0.4, 0.5) is 34.1 Å². The van der Waals surface area contributed by atoms with Crippen LogP contribution < -0.4 is 9.80 Å². The molecule has 0 aliphatic carbocycles. The van der Waals surface area contributed by atoms with Crippen LogP contribution >= 0.6 is 23.5 Å². The topological polar surface area (TPSA) is 40.6 Å². The van der Waals surface area contributed by atoms with Gasteiger partial charge in [-0.15, -0.1) is 0 Å². The fourth-order valence-corrected chi connectivity index (χ4v) is 14.4. The molecule has 0 spiro atoms. The summed E-state index contributed by atoms with van der Waals surface area (Å²) in [6.45, 7) is 20.2. The fraction of sp³-hybridized carbons (Fsp3) is 0.169. The van der Waals surface area contributed by atoms with Gasteiger partial charge in [0.2, 0.25) is 11.6 Å². The van der Waals surface area contributed by atoms with E-state index in [1.807, 2.05) is 12.1 Å². The molecule has 83 heavy (non-hydrogen) atoms. The zero-order valence-corrected chi connectivity index (χ0v) is 50.3. The molecule has 4 nitrogen and oxygen atoms in total. The van der Waals surface area contributed by atoms with E-state index >= 15 is 9.59 Å². The van der Waals surface area contributed by atoms with Crippen LogP contribution in [0.3, 0.4) is 0 Å². The standard InChI is InChI=1S/C77H68N2O2S2/c1-51-46-65(79(61-42-38-57(39-43-61)75(4,5)53-26-16-11-17-27-53)63-35-23-33-59(48-63)77(8,9)55-30-20-13-21-31-55)50-67-70(81)73(83-71(51)67)72-69(80)66-49-64(44-45-68(66)82-72)78(60-40-36-56(37-41-60)74(2,3)52-24-14-10-15-25-52)62-34-22-32-58(47-62)76(6,7)54-28-18-12-19-29-54/h10-50H,1-9H3. The first-order valence-corrected chi connectivity index (χ1v) is 30.3. The third kappa shape index (κ3) is 10.2. The maximum absolute atomic E-state index is 15.2. The number of rotatable bonds is 14. The number of carbonyl (C=O) groups is 2. The molecule has 0 saturated heterocycles. The van der Waals surface area contributed by atoms with Gasteiger partial charge in [-0.2, -0.15) is 0 Å². The highest BCUT2D eigenvalue weighted by Crippen LogP contribution is 2.53. The Morgan fingerprint density at radius 2 is 0.614 bits per heavy atom. The Kier molecular flexibility index (Phi) is 14.4. The SMILES string of the molecule is Cc1cc(N(c2ccc(C(C)(C)c3ccccc3)cc2)c2cccc(C(C)(C)c3ccccc3)c2)cc2c1SC(=C1Sc3ccc(N(c4ccc(C(C)(C)c5ccccc5)cc4)c4cccc(C(C)(C)c5ccccc5)c4)cc3C1=O)C2=O. The highest BCUT2D eigenvalue weighted by Gasteiger charge is 2.39. The van der Waals surface area contributed by atoms with E-state index in [0.29, 0.717) is 20.9 Å². The summed E-state index contributed by atoms with van der Waals surface area (Å²) in [6.07, 6.45) is 0. The van der Waals surface area contributed by atoms with E-state index in [1.165, 1.54) is 68.0 Å². The molecule has 2 aliphatic rings. The summed E-state index contributed by atoms with van der Waals surface area (Å²) in [5, 5.41) is 0. The van der Waals surface area contributed by atoms with E-state index in [1.54, 1.807) is 0 Å². The molecular formula is C77H68N2O2S2. The van der Waals surface area contributed by atoms with Crippen molar-refractivity contribution in [2.45, 2.75) is 93.8 Å². The highest BCUT2D eigenvalue weighted by molar-refractivity contribution is 8.08. The van der Waals surface area contributed by atoms with E-state index in [-0.39, 0.29) is 33.2 Å². The van der Waals surface area contributed by atoms with Crippen molar-refractivity contribution in [2.24, 2.45) is 0 Å². The summed E-state index contributed by atoms with van der Waals surface area (Å²) in [6, 6.07) is 88.2. The molecule has 12 rings (SSSR count). The van der Waals surface area contributed by atoms with Gasteiger partial charge < -0.3 is 9.80 Å². The Labute approximate surface area is 499 Å². The molecule has 0 aromatic heterocycles. The van der Waals surface area contributed by atoms with Crippen LogP contribution in [0.15, 0.2) is 268 Å². The van der Waals surface area contributed by atoms with Gasteiger partial charge in [0.05, 0.1) is 9.81 Å². The van der Waals surface area contributed by atoms with E-state index in [0.717, 1.165) is 49.5 Å². The molecule has 10 aromatic carbocycles. The molecular weight excluding hydrogens is 1050 g/mol. The molecule has 10 aromatic rings. The van der Waals surface area contributed by atoms with Crippen LogP contribution in [-0.2, 0) is 21.7 Å². The van der Waals surface area contributed by atoms with Crippen LogP contribution in [-0.4, -0.2) is 11.6 Å². The number of fused-ring (bicyclic) bond motifs is 2. The van der Waals surface area contributed by atoms with Crippen molar-refractivity contribution in [1.29, 1.82) is 0 Å². The first-order valence-electron chi connectivity index (χ1n) is 28.6. The number of ketones is 2. The zero-order valence-electron chi connectivity index (χ0n) is 48.7. The Bertz CT molecular complexity index is 4110. The van der Waals surface area contributed by atoms with Gasteiger partial charge in [-0.05, 0) is 136 Å². The minimum atomic E-state index is -0.285. The minimum Gasteiger partial charge on any atom is -0.310 e. The molecule has 2 aliphatic heterocycles. The Balaban J connectivity index is 0.908. The zero-order chi connectivity index (χ0) is 57.8. The first kappa shape index (κ1) is 55.1. The number of benzene rings is 10. The van der Waals surface area contributed by atoms with Crippen LogP contribution in [0.5, 0.6) is 0 Å². The van der Waals surface area contributed by atoms with Gasteiger partial charge >= 0.3 is 0 Å². The third-order valence-corrected chi connectivity index (χ3v) is 20.2. The molecule has 0 atom stereocenters. The van der Waals surface area contributed by atoms with Gasteiger partial charge in [-0.1, -0.05) is 249 Å². The average Bonchev–Trinajstić information content (AvgIpc) is 3.48. The molecule has 0 radical (unpaired) electrons. The number of thioether (sulfide) groups is 2. The minimum absolute atomic E-state index is 0.129. The predicted molar refractivity (Wildman–Crippen MR) is 349 cm³/mol. The van der Waals surface area contributed by atoms with Gasteiger partial charge in [-0.3, -0.25) is 9.59 Å². The van der Waals surface area contributed by atoms with Gasteiger partial charge in [0.1, 0.15) is 0 Å². The van der Waals surface area contributed by atoms with Crippen molar-refractivity contribution in [2.75, 3.05) is 9.80 Å². The lowest BCUT2D eigenvalue weighted by molar-refractivity contribution is 0.101. The van der Waals surface area contributed by atoms with Crippen LogP contribution in [0.2, 0.25) is 0 Å². The Hall–Kier alpha value is -8.42. The molecule has 0 unspecified atom stereocenters. The van der Waals surface area contributed by atoms with Crippen LogP contribution in [0.1, 0.15) is 126 Å². The lowest BCUT2D eigenvalue weighted by atomic mass is 9.78. The van der Waals surface area contributed by atoms with Gasteiger partial charge in [0.15, 0.2) is 0 Å². The number of anilines is 6. The quantitative estimate of drug-likeness (QED) is 0.101. The molecule has 0 N–H and O–H groups in total. The number of aryl methyl sites for hydroxylation is 1. The normalized spacial score (nSPS) is 14.4. The summed E-state index contributed by atoms with van der Waals surface area (Å²) in [4.78, 5) is 37.5. The van der Waals surface area contributed by atoms with Crippen molar-refractivity contribution in [3.05, 3.63) is 320 Å². The number of hydrogen-bond acceptors (Lipinski definition) is 6. The number of hydrogen-bond donors (Lipinski definition) is 0. The van der Waals surface area contributed by atoms with Gasteiger partial charge in [-0.25, -0.2) is 0 Å². The Morgan fingerprint density at radius 3 is 1.05 bits per heavy atom. The van der Waals surface area contributed by atoms with Crippen molar-refractivity contribution < 1.29 is 9.59 Å². The number of carbonyl (C=O) groups excluding carboxylic acids is 2. The number of allylic oxidation sites excluding steroid dienone is 2. The number of nitrogens with zero attached hydrogens (tertiary/aromatic N) is 2. The van der Waals surface area contributed by atoms with Gasteiger partial charge in [0, 0.05) is 76.7 Å². The summed E-state index contributed by atoms with van der Waals surface area (Å²) in [7, 11) is 0. The lowest BCUT2D eigenvalue weighted by Gasteiger charge is -2.31. The summed E-state index contributed by atoms with van der Waals surface area (Å²) in [5.41, 5.74) is 16.5. The second-order valence-corrected chi connectivity index (χ2v) is 26.2. The summed E-state index contributed by atoms with van der Waals surface area (Å²) in [5.74, 6) is -0.263. The van der Waals surface area contributed by atoms with Crippen molar-refractivity contribution in [3.8, 4) is 0 Å². The summed E-state index contributed by atoms with van der Waals surface area (Å²) >= 11 is 2.83. The fourth-order valence-electron chi connectivity index (χ4n) is 12.1. The van der Waals surface area contributed by atoms with Gasteiger partial charge in [0.25, 0.3) is 0 Å². The van der Waals surface area contributed by atoms with Crippen molar-refractivity contribution in [3.63, 3.8) is 0 Å². The van der Waals surface area contributed by atoms with E-state index < -0.39 is 0 Å². The second kappa shape index (κ2) is 21.7. The molecule has 0 amide bonds.